The highest BCUT2D eigenvalue weighted by molar-refractivity contribution is 7.74. The van der Waals surface area contributed by atoms with Crippen LogP contribution < -0.4 is 0 Å². The van der Waals surface area contributed by atoms with E-state index in [0.29, 0.717) is 0 Å². The van der Waals surface area contributed by atoms with E-state index in [9.17, 15) is 13.6 Å². The van der Waals surface area contributed by atoms with E-state index < -0.39 is 23.2 Å². The Bertz CT molecular complexity index is 365. The van der Waals surface area contributed by atoms with Gasteiger partial charge in [-0.05, 0) is 12.0 Å². The van der Waals surface area contributed by atoms with Gasteiger partial charge in [0.05, 0.1) is 23.9 Å². The number of hydrogen-bond donors (Lipinski definition) is 1. The van der Waals surface area contributed by atoms with E-state index in [4.69, 9.17) is 5.11 Å². The minimum atomic E-state index is -2.67. The lowest BCUT2D eigenvalue weighted by atomic mass is 10.0. The molecule has 88 valence electrons. The largest absolute Gasteiger partial charge is 0.750 e. The average molecular weight is 243 g/mol. The molecule has 0 fully saturated rings. The lowest BCUT2D eigenvalue weighted by Gasteiger charge is -2.13. The molecule has 0 saturated heterocycles. The lowest BCUT2D eigenvalue weighted by molar-refractivity contribution is -0.142. The van der Waals surface area contributed by atoms with Gasteiger partial charge in [-0.15, -0.1) is 0 Å². The molecule has 0 spiro atoms. The third-order valence-corrected chi connectivity index (χ3v) is 2.37. The fraction of sp³-hybridized carbons (Fsp3) is 0.300. The zero-order chi connectivity index (χ0) is 12.0. The summed E-state index contributed by atoms with van der Waals surface area (Å²) in [7, 11) is 0. The van der Waals surface area contributed by atoms with E-state index in [0.717, 1.165) is 5.56 Å². The quantitative estimate of drug-likeness (QED) is 0.745. The Kier molecular flexibility index (Phi) is 5.10. The van der Waals surface area contributed by atoms with Crippen LogP contribution in [0.1, 0.15) is 5.56 Å². The number of carboxylic acids is 1. The van der Waals surface area contributed by atoms with Gasteiger partial charge in [-0.1, -0.05) is 30.3 Å². The molecule has 0 amide bonds. The molecule has 6 heteroatoms. The van der Waals surface area contributed by atoms with Crippen LogP contribution in [0.5, 0.6) is 0 Å². The standard InChI is InChI=1S/C10H12O5S/c11-10(12)9(7-15-16(13)14)6-8-4-2-1-3-5-8/h1-5,9H,6-7H2,(H,11,12)(H,13,14)/p-1. The van der Waals surface area contributed by atoms with Crippen LogP contribution in [0.4, 0.5) is 0 Å². The topological polar surface area (TPSA) is 86.7 Å². The van der Waals surface area contributed by atoms with E-state index >= 15 is 0 Å². The third-order valence-electron chi connectivity index (χ3n) is 2.04. The number of carboxylic acid groups (broad SMARTS) is 1. The van der Waals surface area contributed by atoms with Crippen molar-refractivity contribution in [3.63, 3.8) is 0 Å². The molecule has 0 aliphatic rings. The van der Waals surface area contributed by atoms with Crippen molar-refractivity contribution in [2.45, 2.75) is 6.42 Å². The van der Waals surface area contributed by atoms with Gasteiger partial charge in [0.25, 0.3) is 0 Å². The second-order valence-electron chi connectivity index (χ2n) is 3.21. The van der Waals surface area contributed by atoms with Crippen LogP contribution in [-0.4, -0.2) is 26.4 Å². The Morgan fingerprint density at radius 1 is 1.44 bits per heavy atom. The highest BCUT2D eigenvalue weighted by Gasteiger charge is 2.18. The van der Waals surface area contributed by atoms with Crippen molar-refractivity contribution in [1.29, 1.82) is 0 Å². The molecular formula is C10H11O5S-. The van der Waals surface area contributed by atoms with Crippen LogP contribution in [0.25, 0.3) is 0 Å². The summed E-state index contributed by atoms with van der Waals surface area (Å²) in [6.07, 6.45) is 0.243. The minimum absolute atomic E-state index is 0.243. The van der Waals surface area contributed by atoms with Crippen LogP contribution in [0.3, 0.4) is 0 Å². The number of benzene rings is 1. The predicted molar refractivity (Wildman–Crippen MR) is 56.1 cm³/mol. The van der Waals surface area contributed by atoms with Crippen molar-refractivity contribution < 1.29 is 22.8 Å². The zero-order valence-electron chi connectivity index (χ0n) is 8.37. The lowest BCUT2D eigenvalue weighted by Crippen LogP contribution is -2.22. The van der Waals surface area contributed by atoms with Crippen LogP contribution in [0.2, 0.25) is 0 Å². The van der Waals surface area contributed by atoms with Gasteiger partial charge < -0.3 is 9.66 Å². The van der Waals surface area contributed by atoms with Crippen LogP contribution >= 0.6 is 0 Å². The maximum absolute atomic E-state index is 10.8. The SMILES string of the molecule is O=C(O)C(COS(=O)[O-])Cc1ccccc1. The maximum atomic E-state index is 10.8. The van der Waals surface area contributed by atoms with Crippen molar-refractivity contribution in [2.75, 3.05) is 6.61 Å². The second kappa shape index (κ2) is 6.37. The van der Waals surface area contributed by atoms with Crippen LogP contribution in [0, 0.1) is 5.92 Å². The zero-order valence-corrected chi connectivity index (χ0v) is 9.18. The Hall–Kier alpha value is -1.24. The summed E-state index contributed by atoms with van der Waals surface area (Å²) in [6, 6.07) is 8.97. The fourth-order valence-electron chi connectivity index (χ4n) is 1.25. The molecule has 0 aliphatic heterocycles. The van der Waals surface area contributed by atoms with E-state index in [1.54, 1.807) is 24.3 Å². The second-order valence-corrected chi connectivity index (χ2v) is 3.86. The fourth-order valence-corrected chi connectivity index (χ4v) is 1.53. The van der Waals surface area contributed by atoms with Gasteiger partial charge in [0.15, 0.2) is 0 Å². The molecule has 1 rings (SSSR count). The summed E-state index contributed by atoms with van der Waals surface area (Å²) in [5.74, 6) is -1.94. The number of rotatable bonds is 6. The number of aliphatic carboxylic acids is 1. The Labute approximate surface area is 95.5 Å². The molecule has 0 saturated carbocycles. The van der Waals surface area contributed by atoms with E-state index in [1.165, 1.54) is 0 Å². The molecular weight excluding hydrogens is 232 g/mol. The molecule has 1 N–H and O–H groups in total. The average Bonchev–Trinajstić information content (AvgIpc) is 2.25. The Morgan fingerprint density at radius 2 is 2.06 bits per heavy atom. The normalized spacial score (nSPS) is 14.3. The molecule has 5 nitrogen and oxygen atoms in total. The van der Waals surface area contributed by atoms with Gasteiger partial charge >= 0.3 is 5.97 Å². The van der Waals surface area contributed by atoms with Crippen molar-refractivity contribution in [1.82, 2.24) is 0 Å². The smallest absolute Gasteiger partial charge is 0.309 e. The molecule has 1 aromatic rings. The summed E-state index contributed by atoms with van der Waals surface area (Å²) < 4.78 is 24.6. The Balaban J connectivity index is 2.58. The van der Waals surface area contributed by atoms with E-state index in [2.05, 4.69) is 4.18 Å². The first-order valence-electron chi connectivity index (χ1n) is 4.59. The molecule has 1 aromatic carbocycles. The van der Waals surface area contributed by atoms with Crippen molar-refractivity contribution in [2.24, 2.45) is 5.92 Å². The van der Waals surface area contributed by atoms with Gasteiger partial charge in [-0.25, -0.2) is 4.21 Å². The first kappa shape index (κ1) is 12.8. The minimum Gasteiger partial charge on any atom is -0.750 e. The van der Waals surface area contributed by atoms with Gasteiger partial charge in [-0.2, -0.15) is 0 Å². The van der Waals surface area contributed by atoms with Crippen molar-refractivity contribution in [3.8, 4) is 0 Å². The monoisotopic (exact) mass is 243 g/mol. The van der Waals surface area contributed by atoms with Gasteiger partial charge in [0, 0.05) is 0 Å². The summed E-state index contributed by atoms with van der Waals surface area (Å²) in [5.41, 5.74) is 0.829. The van der Waals surface area contributed by atoms with Crippen LogP contribution in [-0.2, 0) is 26.8 Å². The number of hydrogen-bond acceptors (Lipinski definition) is 4. The molecule has 0 heterocycles. The molecule has 0 radical (unpaired) electrons. The maximum Gasteiger partial charge on any atom is 0.309 e. The van der Waals surface area contributed by atoms with Gasteiger partial charge in [0.1, 0.15) is 0 Å². The molecule has 0 aromatic heterocycles. The highest BCUT2D eigenvalue weighted by atomic mass is 32.2. The molecule has 0 bridgehead atoms. The summed E-state index contributed by atoms with van der Waals surface area (Å²) in [5, 5.41) is 8.87. The third kappa shape index (κ3) is 4.52. The summed E-state index contributed by atoms with van der Waals surface area (Å²) in [4.78, 5) is 10.8. The summed E-state index contributed by atoms with van der Waals surface area (Å²) in [6.45, 7) is -0.347. The molecule has 16 heavy (non-hydrogen) atoms. The van der Waals surface area contributed by atoms with Crippen molar-refractivity contribution >= 4 is 17.3 Å². The first-order chi connectivity index (χ1) is 7.59. The highest BCUT2D eigenvalue weighted by Crippen LogP contribution is 2.10. The van der Waals surface area contributed by atoms with Gasteiger partial charge in [0.2, 0.25) is 0 Å². The van der Waals surface area contributed by atoms with E-state index in [1.807, 2.05) is 6.07 Å². The predicted octanol–water partition coefficient (Wildman–Crippen LogP) is 0.741. The van der Waals surface area contributed by atoms with E-state index in [-0.39, 0.29) is 13.0 Å². The Morgan fingerprint density at radius 3 is 2.56 bits per heavy atom. The number of carbonyl (C=O) groups is 1. The summed E-state index contributed by atoms with van der Waals surface area (Å²) >= 11 is -2.67. The van der Waals surface area contributed by atoms with Gasteiger partial charge in [-0.3, -0.25) is 8.98 Å². The van der Waals surface area contributed by atoms with Crippen LogP contribution in [0.15, 0.2) is 30.3 Å². The first-order valence-corrected chi connectivity index (χ1v) is 5.59. The molecule has 2 atom stereocenters. The molecule has 0 aliphatic carbocycles. The molecule has 2 unspecified atom stereocenters. The van der Waals surface area contributed by atoms with Crippen molar-refractivity contribution in [3.05, 3.63) is 35.9 Å².